The van der Waals surface area contributed by atoms with Gasteiger partial charge in [0.25, 0.3) is 5.91 Å². The molecule has 110 valence electrons. The van der Waals surface area contributed by atoms with Crippen molar-refractivity contribution in [2.75, 3.05) is 11.9 Å². The third-order valence-corrected chi connectivity index (χ3v) is 3.99. The summed E-state index contributed by atoms with van der Waals surface area (Å²) in [5, 5.41) is 6.32. The number of amides is 1. The molecule has 1 aromatic rings. The molecule has 2 atom stereocenters. The molecule has 0 aromatic carbocycles. The number of aromatic nitrogens is 1. The molecule has 1 saturated carbocycles. The zero-order chi connectivity index (χ0) is 14.4. The van der Waals surface area contributed by atoms with E-state index in [9.17, 15) is 4.79 Å². The van der Waals surface area contributed by atoms with Crippen LogP contribution < -0.4 is 10.6 Å². The first-order chi connectivity index (χ1) is 9.70. The second kappa shape index (κ2) is 7.27. The van der Waals surface area contributed by atoms with Crippen LogP contribution in [0.1, 0.15) is 56.3 Å². The fraction of sp³-hybridized carbons (Fsp3) is 0.625. The molecule has 1 fully saturated rings. The maximum absolute atomic E-state index is 12.4. The van der Waals surface area contributed by atoms with Crippen molar-refractivity contribution in [3.63, 3.8) is 0 Å². The Hall–Kier alpha value is -1.58. The molecule has 1 aliphatic rings. The van der Waals surface area contributed by atoms with E-state index >= 15 is 0 Å². The van der Waals surface area contributed by atoms with Crippen LogP contribution in [0, 0.1) is 5.92 Å². The predicted octanol–water partition coefficient (Wildman–Crippen LogP) is 3.21. The molecule has 0 radical (unpaired) electrons. The van der Waals surface area contributed by atoms with Crippen molar-refractivity contribution >= 4 is 11.7 Å². The van der Waals surface area contributed by atoms with Crippen LogP contribution in [0.2, 0.25) is 0 Å². The van der Waals surface area contributed by atoms with Crippen LogP contribution in [0.15, 0.2) is 18.3 Å². The number of hydrogen-bond acceptors (Lipinski definition) is 3. The highest BCUT2D eigenvalue weighted by molar-refractivity contribution is 5.98. The standard InChI is InChI=1S/C16H25N3O/c1-3-17-15-14(8-5-11-18-15)16(20)19-13-7-4-6-12(2)9-10-13/h5,8,11-13H,3-4,6-7,9-10H2,1-2H3,(H,17,18)(H,19,20). The molecule has 1 aromatic heterocycles. The summed E-state index contributed by atoms with van der Waals surface area (Å²) in [7, 11) is 0. The summed E-state index contributed by atoms with van der Waals surface area (Å²) in [6, 6.07) is 3.95. The molecule has 1 aliphatic carbocycles. The average molecular weight is 275 g/mol. The maximum Gasteiger partial charge on any atom is 0.255 e. The highest BCUT2D eigenvalue weighted by Crippen LogP contribution is 2.23. The lowest BCUT2D eigenvalue weighted by molar-refractivity contribution is 0.0933. The monoisotopic (exact) mass is 275 g/mol. The van der Waals surface area contributed by atoms with Gasteiger partial charge in [-0.15, -0.1) is 0 Å². The van der Waals surface area contributed by atoms with Crippen LogP contribution in [-0.4, -0.2) is 23.5 Å². The van der Waals surface area contributed by atoms with Gasteiger partial charge >= 0.3 is 0 Å². The highest BCUT2D eigenvalue weighted by Gasteiger charge is 2.20. The first-order valence-corrected chi connectivity index (χ1v) is 7.70. The number of nitrogens with one attached hydrogen (secondary N) is 2. The Morgan fingerprint density at radius 3 is 3.00 bits per heavy atom. The molecular formula is C16H25N3O. The lowest BCUT2D eigenvalue weighted by Crippen LogP contribution is -2.35. The molecule has 0 saturated heterocycles. The minimum Gasteiger partial charge on any atom is -0.370 e. The van der Waals surface area contributed by atoms with Gasteiger partial charge in [0.1, 0.15) is 5.82 Å². The van der Waals surface area contributed by atoms with Gasteiger partial charge in [-0.05, 0) is 44.2 Å². The number of anilines is 1. The van der Waals surface area contributed by atoms with E-state index in [2.05, 4.69) is 22.5 Å². The van der Waals surface area contributed by atoms with Crippen molar-refractivity contribution in [2.45, 2.75) is 52.0 Å². The van der Waals surface area contributed by atoms with E-state index in [4.69, 9.17) is 0 Å². The molecule has 20 heavy (non-hydrogen) atoms. The quantitative estimate of drug-likeness (QED) is 0.830. The smallest absolute Gasteiger partial charge is 0.255 e. The Balaban J connectivity index is 2.00. The Morgan fingerprint density at radius 1 is 1.35 bits per heavy atom. The fourth-order valence-corrected chi connectivity index (χ4v) is 2.79. The van der Waals surface area contributed by atoms with E-state index in [1.54, 1.807) is 6.20 Å². The van der Waals surface area contributed by atoms with Gasteiger partial charge in [-0.3, -0.25) is 4.79 Å². The number of nitrogens with zero attached hydrogens (tertiary/aromatic N) is 1. The van der Waals surface area contributed by atoms with Gasteiger partial charge < -0.3 is 10.6 Å². The lowest BCUT2D eigenvalue weighted by Gasteiger charge is -2.17. The van der Waals surface area contributed by atoms with Gasteiger partial charge in [0, 0.05) is 18.8 Å². The number of pyridine rings is 1. The van der Waals surface area contributed by atoms with Gasteiger partial charge in [0.15, 0.2) is 0 Å². The van der Waals surface area contributed by atoms with Crippen LogP contribution in [0.4, 0.5) is 5.82 Å². The number of carbonyl (C=O) groups excluding carboxylic acids is 1. The molecular weight excluding hydrogens is 250 g/mol. The van der Waals surface area contributed by atoms with E-state index in [1.807, 2.05) is 19.1 Å². The van der Waals surface area contributed by atoms with Gasteiger partial charge in [-0.2, -0.15) is 0 Å². The van der Waals surface area contributed by atoms with Crippen LogP contribution in [0.5, 0.6) is 0 Å². The Bertz CT molecular complexity index is 447. The molecule has 0 aliphatic heterocycles. The van der Waals surface area contributed by atoms with Crippen molar-refractivity contribution in [2.24, 2.45) is 5.92 Å². The van der Waals surface area contributed by atoms with Crippen LogP contribution >= 0.6 is 0 Å². The van der Waals surface area contributed by atoms with E-state index in [0.29, 0.717) is 17.4 Å². The maximum atomic E-state index is 12.4. The van der Waals surface area contributed by atoms with Crippen molar-refractivity contribution in [3.05, 3.63) is 23.9 Å². The summed E-state index contributed by atoms with van der Waals surface area (Å²) in [4.78, 5) is 16.7. The third-order valence-electron chi connectivity index (χ3n) is 3.99. The predicted molar refractivity (Wildman–Crippen MR) is 81.9 cm³/mol. The van der Waals surface area contributed by atoms with Crippen molar-refractivity contribution in [3.8, 4) is 0 Å². The third kappa shape index (κ3) is 3.95. The number of carbonyl (C=O) groups is 1. The molecule has 2 unspecified atom stereocenters. The minimum absolute atomic E-state index is 0.00592. The summed E-state index contributed by atoms with van der Waals surface area (Å²) >= 11 is 0. The van der Waals surface area contributed by atoms with E-state index in [0.717, 1.165) is 25.3 Å². The summed E-state index contributed by atoms with van der Waals surface area (Å²) in [6.07, 6.45) is 7.58. The fourth-order valence-electron chi connectivity index (χ4n) is 2.79. The van der Waals surface area contributed by atoms with Crippen molar-refractivity contribution in [1.29, 1.82) is 0 Å². The second-order valence-electron chi connectivity index (χ2n) is 5.71. The van der Waals surface area contributed by atoms with Gasteiger partial charge in [-0.1, -0.05) is 19.8 Å². The van der Waals surface area contributed by atoms with Crippen LogP contribution in [0.3, 0.4) is 0 Å². The first kappa shape index (κ1) is 14.8. The summed E-state index contributed by atoms with van der Waals surface area (Å²) in [6.45, 7) is 5.07. The molecule has 4 heteroatoms. The topological polar surface area (TPSA) is 54.0 Å². The highest BCUT2D eigenvalue weighted by atomic mass is 16.1. The molecule has 0 bridgehead atoms. The van der Waals surface area contributed by atoms with E-state index in [-0.39, 0.29) is 5.91 Å². The SMILES string of the molecule is CCNc1ncccc1C(=O)NC1CCCC(C)CC1. The van der Waals surface area contributed by atoms with Gasteiger partial charge in [-0.25, -0.2) is 4.98 Å². The summed E-state index contributed by atoms with van der Waals surface area (Å²) in [5.74, 6) is 1.45. The molecule has 1 heterocycles. The normalized spacial score (nSPS) is 22.9. The number of hydrogen-bond donors (Lipinski definition) is 2. The lowest BCUT2D eigenvalue weighted by atomic mass is 10.0. The molecule has 1 amide bonds. The second-order valence-corrected chi connectivity index (χ2v) is 5.71. The van der Waals surface area contributed by atoms with Gasteiger partial charge in [0.2, 0.25) is 0 Å². The molecule has 0 spiro atoms. The Morgan fingerprint density at radius 2 is 2.20 bits per heavy atom. The zero-order valence-electron chi connectivity index (χ0n) is 12.5. The Labute approximate surface area is 121 Å². The number of rotatable bonds is 4. The largest absolute Gasteiger partial charge is 0.370 e. The van der Waals surface area contributed by atoms with E-state index in [1.165, 1.54) is 19.3 Å². The van der Waals surface area contributed by atoms with Crippen molar-refractivity contribution < 1.29 is 4.79 Å². The average Bonchev–Trinajstić information content (AvgIpc) is 2.65. The first-order valence-electron chi connectivity index (χ1n) is 7.70. The molecule has 4 nitrogen and oxygen atoms in total. The molecule has 2 rings (SSSR count). The minimum atomic E-state index is -0.00592. The van der Waals surface area contributed by atoms with Crippen LogP contribution in [0.25, 0.3) is 0 Å². The zero-order valence-corrected chi connectivity index (χ0v) is 12.5. The summed E-state index contributed by atoms with van der Waals surface area (Å²) in [5.41, 5.74) is 0.645. The molecule has 2 N–H and O–H groups in total. The van der Waals surface area contributed by atoms with Crippen molar-refractivity contribution in [1.82, 2.24) is 10.3 Å². The Kier molecular flexibility index (Phi) is 5.39. The van der Waals surface area contributed by atoms with Gasteiger partial charge in [0.05, 0.1) is 5.56 Å². The summed E-state index contributed by atoms with van der Waals surface area (Å²) < 4.78 is 0. The van der Waals surface area contributed by atoms with E-state index < -0.39 is 0 Å². The van der Waals surface area contributed by atoms with Crippen LogP contribution in [-0.2, 0) is 0 Å².